The first-order chi connectivity index (χ1) is 6.57. The number of carbonyl (C=O) groups is 2. The second-order valence-corrected chi connectivity index (χ2v) is 4.45. The molecule has 0 aromatic carbocycles. The number of carbonyl (C=O) groups excluding carboxylic acids is 2. The number of hydrogen-bond acceptors (Lipinski definition) is 4. The van der Waals surface area contributed by atoms with Crippen molar-refractivity contribution in [3.63, 3.8) is 0 Å². The predicted molar refractivity (Wildman–Crippen MR) is 55.2 cm³/mol. The van der Waals surface area contributed by atoms with Crippen molar-refractivity contribution in [1.82, 2.24) is 4.90 Å². The van der Waals surface area contributed by atoms with Crippen LogP contribution in [0.3, 0.4) is 0 Å². The minimum Gasteiger partial charge on any atom is -0.447 e. The van der Waals surface area contributed by atoms with Gasteiger partial charge in [-0.1, -0.05) is 13.8 Å². The minimum atomic E-state index is -0.497. The van der Waals surface area contributed by atoms with E-state index in [9.17, 15) is 9.59 Å². The van der Waals surface area contributed by atoms with Gasteiger partial charge in [-0.2, -0.15) is 11.8 Å². The van der Waals surface area contributed by atoms with E-state index in [4.69, 9.17) is 4.74 Å². The summed E-state index contributed by atoms with van der Waals surface area (Å²) in [6.45, 7) is 4.29. The molecule has 0 spiro atoms. The van der Waals surface area contributed by atoms with E-state index in [1.165, 1.54) is 16.7 Å². The Kier molecular flexibility index (Phi) is 3.80. The van der Waals surface area contributed by atoms with Crippen LogP contribution in [0.4, 0.5) is 4.79 Å². The smallest absolute Gasteiger partial charge is 0.417 e. The first kappa shape index (κ1) is 11.4. The van der Waals surface area contributed by atoms with E-state index in [2.05, 4.69) is 0 Å². The topological polar surface area (TPSA) is 46.6 Å². The molecular formula is C9H15NO3S. The monoisotopic (exact) mass is 217 g/mol. The molecule has 0 aromatic heterocycles. The highest BCUT2D eigenvalue weighted by Crippen LogP contribution is 2.20. The number of thioether (sulfide) groups is 1. The fraction of sp³-hybridized carbons (Fsp3) is 0.778. The van der Waals surface area contributed by atoms with E-state index in [-0.39, 0.29) is 17.9 Å². The molecule has 80 valence electrons. The minimum absolute atomic E-state index is 0.0952. The molecule has 0 unspecified atom stereocenters. The van der Waals surface area contributed by atoms with Gasteiger partial charge in [-0.15, -0.1) is 0 Å². The Labute approximate surface area is 88.0 Å². The molecule has 0 bridgehead atoms. The van der Waals surface area contributed by atoms with Crippen LogP contribution in [0, 0.1) is 5.92 Å². The van der Waals surface area contributed by atoms with Gasteiger partial charge in [0.05, 0.1) is 11.8 Å². The molecule has 0 N–H and O–H groups in total. The van der Waals surface area contributed by atoms with Crippen LogP contribution in [0.25, 0.3) is 0 Å². The molecule has 0 saturated carbocycles. The molecule has 14 heavy (non-hydrogen) atoms. The fourth-order valence-corrected chi connectivity index (χ4v) is 1.79. The molecule has 0 aromatic rings. The average molecular weight is 217 g/mol. The van der Waals surface area contributed by atoms with E-state index >= 15 is 0 Å². The number of cyclic esters (lactones) is 1. The standard InChI is InChI=1S/C9H15NO3S/c1-6(2)7-4-13-9(12)10(7)8(11)5-14-3/h6-7H,4-5H2,1-3H3/t7-/m0/s1. The maximum absolute atomic E-state index is 11.6. The van der Waals surface area contributed by atoms with E-state index in [0.717, 1.165) is 0 Å². The van der Waals surface area contributed by atoms with Gasteiger partial charge in [0.1, 0.15) is 6.61 Å². The van der Waals surface area contributed by atoms with Crippen molar-refractivity contribution in [3.8, 4) is 0 Å². The predicted octanol–water partition coefficient (Wildman–Crippen LogP) is 1.35. The Balaban J connectivity index is 2.71. The number of rotatable bonds is 3. The summed E-state index contributed by atoms with van der Waals surface area (Å²) in [7, 11) is 0. The third-order valence-electron chi connectivity index (χ3n) is 2.21. The van der Waals surface area contributed by atoms with Crippen LogP contribution < -0.4 is 0 Å². The molecule has 1 aliphatic heterocycles. The first-order valence-electron chi connectivity index (χ1n) is 4.55. The van der Waals surface area contributed by atoms with Crippen LogP contribution in [-0.2, 0) is 9.53 Å². The van der Waals surface area contributed by atoms with Crippen LogP contribution in [-0.4, -0.2) is 41.6 Å². The largest absolute Gasteiger partial charge is 0.447 e. The molecule has 1 aliphatic rings. The lowest BCUT2D eigenvalue weighted by molar-refractivity contribution is -0.126. The van der Waals surface area contributed by atoms with Crippen LogP contribution in [0.5, 0.6) is 0 Å². The number of nitrogens with zero attached hydrogens (tertiary/aromatic N) is 1. The molecule has 1 saturated heterocycles. The lowest BCUT2D eigenvalue weighted by Crippen LogP contribution is -2.42. The summed E-state index contributed by atoms with van der Waals surface area (Å²) >= 11 is 1.41. The first-order valence-corrected chi connectivity index (χ1v) is 5.95. The highest BCUT2D eigenvalue weighted by molar-refractivity contribution is 7.99. The molecular weight excluding hydrogens is 202 g/mol. The second kappa shape index (κ2) is 4.68. The van der Waals surface area contributed by atoms with Gasteiger partial charge in [0.15, 0.2) is 0 Å². The van der Waals surface area contributed by atoms with Gasteiger partial charge in [0.25, 0.3) is 0 Å². The molecule has 4 nitrogen and oxygen atoms in total. The Morgan fingerprint density at radius 2 is 2.36 bits per heavy atom. The van der Waals surface area contributed by atoms with Gasteiger partial charge < -0.3 is 4.74 Å². The quantitative estimate of drug-likeness (QED) is 0.716. The third kappa shape index (κ3) is 2.20. The third-order valence-corrected chi connectivity index (χ3v) is 2.75. The van der Waals surface area contributed by atoms with Gasteiger partial charge in [-0.25, -0.2) is 9.69 Å². The zero-order chi connectivity index (χ0) is 10.7. The lowest BCUT2D eigenvalue weighted by atomic mass is 10.0. The van der Waals surface area contributed by atoms with Gasteiger partial charge >= 0.3 is 6.09 Å². The van der Waals surface area contributed by atoms with Crippen molar-refractivity contribution in [2.45, 2.75) is 19.9 Å². The summed E-state index contributed by atoms with van der Waals surface area (Å²) in [5, 5.41) is 0. The van der Waals surface area contributed by atoms with Crippen molar-refractivity contribution in [1.29, 1.82) is 0 Å². The summed E-state index contributed by atoms with van der Waals surface area (Å²) < 4.78 is 4.86. The molecule has 1 rings (SSSR count). The van der Waals surface area contributed by atoms with Crippen molar-refractivity contribution in [2.75, 3.05) is 18.6 Å². The van der Waals surface area contributed by atoms with Crippen LogP contribution in [0.1, 0.15) is 13.8 Å². The van der Waals surface area contributed by atoms with Crippen molar-refractivity contribution in [2.24, 2.45) is 5.92 Å². The zero-order valence-corrected chi connectivity index (χ0v) is 9.47. The van der Waals surface area contributed by atoms with E-state index < -0.39 is 6.09 Å². The van der Waals surface area contributed by atoms with E-state index in [0.29, 0.717) is 12.4 Å². The summed E-state index contributed by atoms with van der Waals surface area (Å²) in [5.41, 5.74) is 0. The molecule has 1 atom stereocenters. The van der Waals surface area contributed by atoms with E-state index in [1.807, 2.05) is 20.1 Å². The van der Waals surface area contributed by atoms with Crippen molar-refractivity contribution >= 4 is 23.8 Å². The Morgan fingerprint density at radius 1 is 1.71 bits per heavy atom. The van der Waals surface area contributed by atoms with Crippen LogP contribution in [0.15, 0.2) is 0 Å². The normalized spacial score (nSPS) is 21.6. The van der Waals surface area contributed by atoms with Crippen molar-refractivity contribution < 1.29 is 14.3 Å². The van der Waals surface area contributed by atoms with Gasteiger partial charge in [0.2, 0.25) is 5.91 Å². The Bertz CT molecular complexity index is 242. The Morgan fingerprint density at radius 3 is 2.86 bits per heavy atom. The molecule has 1 fully saturated rings. The molecule has 2 amide bonds. The number of amides is 2. The molecule has 1 heterocycles. The number of ether oxygens (including phenoxy) is 1. The lowest BCUT2D eigenvalue weighted by Gasteiger charge is -2.21. The average Bonchev–Trinajstić information content (AvgIpc) is 2.47. The molecule has 0 aliphatic carbocycles. The summed E-state index contributed by atoms with van der Waals surface area (Å²) in [5.74, 6) is 0.421. The molecule has 0 radical (unpaired) electrons. The summed E-state index contributed by atoms with van der Waals surface area (Å²) in [6.07, 6.45) is 1.34. The number of imide groups is 1. The SMILES string of the molecule is CSCC(=O)N1C(=O)OC[C@H]1C(C)C. The van der Waals surface area contributed by atoms with E-state index in [1.54, 1.807) is 0 Å². The van der Waals surface area contributed by atoms with Gasteiger partial charge in [-0.05, 0) is 12.2 Å². The highest BCUT2D eigenvalue weighted by atomic mass is 32.2. The maximum atomic E-state index is 11.6. The van der Waals surface area contributed by atoms with Crippen LogP contribution >= 0.6 is 11.8 Å². The Hall–Kier alpha value is -0.710. The summed E-state index contributed by atoms with van der Waals surface area (Å²) in [6, 6.07) is -0.0952. The van der Waals surface area contributed by atoms with Crippen molar-refractivity contribution in [3.05, 3.63) is 0 Å². The maximum Gasteiger partial charge on any atom is 0.417 e. The second-order valence-electron chi connectivity index (χ2n) is 3.59. The van der Waals surface area contributed by atoms with Gasteiger partial charge in [0, 0.05) is 0 Å². The molecule has 5 heteroatoms. The fourth-order valence-electron chi connectivity index (χ4n) is 1.41. The van der Waals surface area contributed by atoms with Crippen LogP contribution in [0.2, 0.25) is 0 Å². The van der Waals surface area contributed by atoms with Gasteiger partial charge in [-0.3, -0.25) is 4.79 Å². The number of hydrogen-bond donors (Lipinski definition) is 0. The highest BCUT2D eigenvalue weighted by Gasteiger charge is 2.38. The zero-order valence-electron chi connectivity index (χ0n) is 8.65. The summed E-state index contributed by atoms with van der Waals surface area (Å²) in [4.78, 5) is 24.1.